The number of rotatable bonds is 3. The van der Waals surface area contributed by atoms with E-state index in [0.717, 1.165) is 16.8 Å². The van der Waals surface area contributed by atoms with E-state index in [9.17, 15) is 8.42 Å². The maximum absolute atomic E-state index is 13.0. The van der Waals surface area contributed by atoms with Crippen molar-refractivity contribution >= 4 is 15.4 Å². The molecule has 0 bridgehead atoms. The van der Waals surface area contributed by atoms with Crippen LogP contribution in [0.3, 0.4) is 0 Å². The van der Waals surface area contributed by atoms with Gasteiger partial charge in [-0.05, 0) is 62.4 Å². The molecule has 0 unspecified atom stereocenters. The van der Waals surface area contributed by atoms with E-state index in [2.05, 4.69) is 4.98 Å². The molecule has 0 saturated carbocycles. The van der Waals surface area contributed by atoms with Crippen LogP contribution >= 0.6 is 0 Å². The summed E-state index contributed by atoms with van der Waals surface area (Å²) in [5.74, 6) is 0.648. The summed E-state index contributed by atoms with van der Waals surface area (Å²) in [5.41, 5.74) is 1.86. The van der Waals surface area contributed by atoms with Gasteiger partial charge in [0.2, 0.25) is 9.84 Å². The van der Waals surface area contributed by atoms with Gasteiger partial charge in [0, 0.05) is 17.3 Å². The molecule has 1 aliphatic heterocycles. The van der Waals surface area contributed by atoms with Crippen molar-refractivity contribution in [2.24, 2.45) is 0 Å². The van der Waals surface area contributed by atoms with Crippen molar-refractivity contribution < 1.29 is 13.2 Å². The number of ether oxygens (including phenoxy) is 1. The number of sulfone groups is 1. The number of hydrogen-bond donors (Lipinski definition) is 0. The van der Waals surface area contributed by atoms with Gasteiger partial charge in [-0.15, -0.1) is 0 Å². The first-order chi connectivity index (χ1) is 12.9. The Morgan fingerprint density at radius 3 is 2.33 bits per heavy atom. The van der Waals surface area contributed by atoms with E-state index in [-0.39, 0.29) is 9.79 Å². The number of benzene rings is 2. The molecule has 136 valence electrons. The highest BCUT2D eigenvalue weighted by Crippen LogP contribution is 2.40. The Morgan fingerprint density at radius 2 is 1.63 bits per heavy atom. The van der Waals surface area contributed by atoms with Crippen LogP contribution in [0.1, 0.15) is 25.1 Å². The second kappa shape index (κ2) is 6.35. The number of hydrogen-bond acceptors (Lipinski definition) is 4. The fraction of sp³-hybridized carbons (Fsp3) is 0.136. The summed E-state index contributed by atoms with van der Waals surface area (Å²) in [6, 6.07) is 19.1. The Bertz CT molecular complexity index is 1120. The number of nitrogens with zero attached hydrogens (tertiary/aromatic N) is 1. The molecule has 0 saturated heterocycles. The minimum absolute atomic E-state index is 0.234. The van der Waals surface area contributed by atoms with Gasteiger partial charge in [-0.2, -0.15) is 0 Å². The molecule has 0 radical (unpaired) electrons. The molecule has 5 heteroatoms. The van der Waals surface area contributed by atoms with Crippen LogP contribution in [-0.2, 0) is 9.84 Å². The number of fused-ring (bicyclic) bond motifs is 1. The lowest BCUT2D eigenvalue weighted by Crippen LogP contribution is -2.29. The fourth-order valence-electron chi connectivity index (χ4n) is 3.18. The summed E-state index contributed by atoms with van der Waals surface area (Å²) in [4.78, 5) is 4.95. The summed E-state index contributed by atoms with van der Waals surface area (Å²) in [6.07, 6.45) is 3.71. The maximum Gasteiger partial charge on any atom is 0.206 e. The average molecular weight is 377 g/mol. The molecule has 1 aromatic heterocycles. The third kappa shape index (κ3) is 3.26. The highest BCUT2D eigenvalue weighted by molar-refractivity contribution is 7.91. The largest absolute Gasteiger partial charge is 0.483 e. The second-order valence-corrected chi connectivity index (χ2v) is 8.90. The molecular weight excluding hydrogens is 358 g/mol. The Kier molecular flexibility index (Phi) is 4.12. The molecule has 0 aliphatic carbocycles. The Hall–Kier alpha value is -2.92. The molecule has 4 nitrogen and oxygen atoms in total. The zero-order valence-corrected chi connectivity index (χ0v) is 15.9. The van der Waals surface area contributed by atoms with Crippen LogP contribution in [0.5, 0.6) is 5.75 Å². The van der Waals surface area contributed by atoms with Crippen molar-refractivity contribution in [3.05, 3.63) is 90.3 Å². The normalized spacial score (nSPS) is 15.4. The summed E-state index contributed by atoms with van der Waals surface area (Å²) < 4.78 is 32.1. The highest BCUT2D eigenvalue weighted by atomic mass is 32.2. The van der Waals surface area contributed by atoms with Crippen LogP contribution < -0.4 is 4.74 Å². The lowest BCUT2D eigenvalue weighted by atomic mass is 9.92. The minimum Gasteiger partial charge on any atom is -0.483 e. The molecule has 0 spiro atoms. The van der Waals surface area contributed by atoms with E-state index >= 15 is 0 Å². The third-order valence-electron chi connectivity index (χ3n) is 4.41. The van der Waals surface area contributed by atoms with Crippen LogP contribution in [0.2, 0.25) is 0 Å². The standard InChI is InChI=1S/C22H19NO3S/c1-22(2)15-19(20-10-6-7-13-23-20)18-14-17(11-12-21(18)26-22)27(24,25)16-8-4-3-5-9-16/h3-15H,1-2H3. The Morgan fingerprint density at radius 1 is 0.889 bits per heavy atom. The molecule has 0 N–H and O–H groups in total. The average Bonchev–Trinajstić information content (AvgIpc) is 2.67. The molecule has 0 atom stereocenters. The molecule has 1 aliphatic rings. The van der Waals surface area contributed by atoms with Gasteiger partial charge >= 0.3 is 0 Å². The third-order valence-corrected chi connectivity index (χ3v) is 6.18. The van der Waals surface area contributed by atoms with Crippen molar-refractivity contribution in [1.29, 1.82) is 0 Å². The van der Waals surface area contributed by atoms with E-state index in [1.54, 1.807) is 54.7 Å². The molecule has 0 amide bonds. The molecule has 4 rings (SSSR count). The van der Waals surface area contributed by atoms with Crippen LogP contribution in [0.4, 0.5) is 0 Å². The lowest BCUT2D eigenvalue weighted by Gasteiger charge is -2.31. The van der Waals surface area contributed by atoms with Gasteiger partial charge in [-0.1, -0.05) is 24.3 Å². The SMILES string of the molecule is CC1(C)C=C(c2ccccn2)c2cc(S(=O)(=O)c3ccccc3)ccc2O1. The predicted molar refractivity (Wildman–Crippen MR) is 104 cm³/mol. The monoisotopic (exact) mass is 377 g/mol. The van der Waals surface area contributed by atoms with Crippen LogP contribution in [0.15, 0.2) is 88.8 Å². The number of pyridine rings is 1. The van der Waals surface area contributed by atoms with Crippen molar-refractivity contribution in [3.8, 4) is 5.75 Å². The van der Waals surface area contributed by atoms with E-state index in [4.69, 9.17) is 4.74 Å². The summed E-state index contributed by atoms with van der Waals surface area (Å²) in [7, 11) is -3.61. The van der Waals surface area contributed by atoms with Crippen LogP contribution in [0, 0.1) is 0 Å². The first kappa shape index (κ1) is 17.5. The van der Waals surface area contributed by atoms with Crippen LogP contribution in [0.25, 0.3) is 5.57 Å². The molecule has 3 aromatic rings. The smallest absolute Gasteiger partial charge is 0.206 e. The molecule has 0 fully saturated rings. The van der Waals surface area contributed by atoms with Gasteiger partial charge in [0.05, 0.1) is 15.5 Å². The van der Waals surface area contributed by atoms with Crippen molar-refractivity contribution in [2.45, 2.75) is 29.2 Å². The maximum atomic E-state index is 13.0. The minimum atomic E-state index is -3.61. The predicted octanol–water partition coefficient (Wildman–Crippen LogP) is 4.52. The fourth-order valence-corrected chi connectivity index (χ4v) is 4.49. The Labute approximate surface area is 159 Å². The van der Waals surface area contributed by atoms with E-state index in [1.165, 1.54) is 0 Å². The quantitative estimate of drug-likeness (QED) is 0.673. The van der Waals surface area contributed by atoms with Gasteiger partial charge in [0.15, 0.2) is 0 Å². The zero-order valence-electron chi connectivity index (χ0n) is 15.1. The highest BCUT2D eigenvalue weighted by Gasteiger charge is 2.29. The van der Waals surface area contributed by atoms with Crippen molar-refractivity contribution in [1.82, 2.24) is 4.98 Å². The van der Waals surface area contributed by atoms with Gasteiger partial charge < -0.3 is 4.74 Å². The first-order valence-electron chi connectivity index (χ1n) is 8.65. The first-order valence-corrected chi connectivity index (χ1v) is 10.1. The molecule has 2 heterocycles. The zero-order chi connectivity index (χ0) is 19.1. The molecule has 2 aromatic carbocycles. The van der Waals surface area contributed by atoms with Gasteiger partial charge in [0.1, 0.15) is 11.4 Å². The van der Waals surface area contributed by atoms with Crippen molar-refractivity contribution in [3.63, 3.8) is 0 Å². The Balaban J connectivity index is 1.89. The topological polar surface area (TPSA) is 56.3 Å². The van der Waals surface area contributed by atoms with Crippen molar-refractivity contribution in [2.75, 3.05) is 0 Å². The summed E-state index contributed by atoms with van der Waals surface area (Å²) >= 11 is 0. The van der Waals surface area contributed by atoms with Crippen LogP contribution in [-0.4, -0.2) is 19.0 Å². The summed E-state index contributed by atoms with van der Waals surface area (Å²) in [6.45, 7) is 3.93. The number of aromatic nitrogens is 1. The second-order valence-electron chi connectivity index (χ2n) is 6.95. The van der Waals surface area contributed by atoms with E-state index < -0.39 is 15.4 Å². The summed E-state index contributed by atoms with van der Waals surface area (Å²) in [5, 5.41) is 0. The van der Waals surface area contributed by atoms with Gasteiger partial charge in [-0.25, -0.2) is 8.42 Å². The van der Waals surface area contributed by atoms with E-state index in [1.807, 2.05) is 38.1 Å². The lowest BCUT2D eigenvalue weighted by molar-refractivity contribution is 0.158. The van der Waals surface area contributed by atoms with Gasteiger partial charge in [0.25, 0.3) is 0 Å². The van der Waals surface area contributed by atoms with E-state index in [0.29, 0.717) is 5.75 Å². The van der Waals surface area contributed by atoms with Gasteiger partial charge in [-0.3, -0.25) is 4.98 Å². The molecule has 27 heavy (non-hydrogen) atoms. The molecular formula is C22H19NO3S.